The second-order valence-corrected chi connectivity index (χ2v) is 6.29. The third-order valence-electron chi connectivity index (χ3n) is 4.32. The van der Waals surface area contributed by atoms with E-state index in [4.69, 9.17) is 0 Å². The van der Waals surface area contributed by atoms with Gasteiger partial charge in [0.1, 0.15) is 0 Å². The van der Waals surface area contributed by atoms with E-state index in [-0.39, 0.29) is 17.6 Å². The summed E-state index contributed by atoms with van der Waals surface area (Å²) in [4.78, 5) is 38.4. The van der Waals surface area contributed by atoms with Gasteiger partial charge in [0.05, 0.1) is 6.04 Å². The molecule has 4 nitrogen and oxygen atoms in total. The van der Waals surface area contributed by atoms with Crippen molar-refractivity contribution in [1.82, 2.24) is 4.90 Å². The van der Waals surface area contributed by atoms with E-state index in [2.05, 4.69) is 0 Å². The van der Waals surface area contributed by atoms with Crippen LogP contribution in [0.4, 0.5) is 0 Å². The monoisotopic (exact) mass is 281 g/mol. The van der Waals surface area contributed by atoms with Crippen molar-refractivity contribution in [3.8, 4) is 0 Å². The van der Waals surface area contributed by atoms with E-state index in [1.807, 2.05) is 13.8 Å². The number of ketones is 2. The molecule has 0 aromatic carbocycles. The topological polar surface area (TPSA) is 54.5 Å². The quantitative estimate of drug-likeness (QED) is 0.703. The molecule has 1 aliphatic rings. The highest BCUT2D eigenvalue weighted by Gasteiger charge is 2.39. The molecule has 0 N–H and O–H groups in total. The molecule has 1 amide bonds. The van der Waals surface area contributed by atoms with Gasteiger partial charge in [-0.15, -0.1) is 0 Å². The lowest BCUT2D eigenvalue weighted by Gasteiger charge is -2.36. The first-order valence-electron chi connectivity index (χ1n) is 7.73. The number of rotatable bonds is 6. The van der Waals surface area contributed by atoms with Crippen LogP contribution in [-0.4, -0.2) is 35.0 Å². The Balaban J connectivity index is 2.87. The molecule has 1 heterocycles. The van der Waals surface area contributed by atoms with Gasteiger partial charge in [0.2, 0.25) is 5.78 Å². The molecule has 1 fully saturated rings. The van der Waals surface area contributed by atoms with Crippen molar-refractivity contribution in [2.75, 3.05) is 6.54 Å². The van der Waals surface area contributed by atoms with Gasteiger partial charge in [-0.3, -0.25) is 14.4 Å². The Hall–Kier alpha value is -1.19. The Morgan fingerprint density at radius 3 is 2.35 bits per heavy atom. The number of hydrogen-bond acceptors (Lipinski definition) is 3. The van der Waals surface area contributed by atoms with Gasteiger partial charge in [0.15, 0.2) is 5.78 Å². The molecule has 0 radical (unpaired) electrons. The molecule has 4 heteroatoms. The maximum Gasteiger partial charge on any atom is 0.291 e. The predicted octanol–water partition coefficient (Wildman–Crippen LogP) is 2.74. The molecule has 0 spiro atoms. The molecule has 114 valence electrons. The van der Waals surface area contributed by atoms with Gasteiger partial charge >= 0.3 is 0 Å². The molecule has 0 aromatic rings. The molecule has 1 aliphatic heterocycles. The van der Waals surface area contributed by atoms with Crippen LogP contribution < -0.4 is 0 Å². The highest BCUT2D eigenvalue weighted by Crippen LogP contribution is 2.25. The number of Topliss-reactive ketones (excluding diaryl/α,β-unsaturated/α-hetero) is 2. The number of carbonyl (C=O) groups is 3. The highest BCUT2D eigenvalue weighted by molar-refractivity contribution is 6.38. The lowest BCUT2D eigenvalue weighted by molar-refractivity contribution is -0.153. The Morgan fingerprint density at radius 1 is 1.15 bits per heavy atom. The van der Waals surface area contributed by atoms with E-state index in [0.29, 0.717) is 25.8 Å². The van der Waals surface area contributed by atoms with Gasteiger partial charge in [-0.25, -0.2) is 0 Å². The summed E-state index contributed by atoms with van der Waals surface area (Å²) < 4.78 is 0. The molecular formula is C16H27NO3. The third-order valence-corrected chi connectivity index (χ3v) is 4.32. The maximum absolute atomic E-state index is 12.4. The number of nitrogens with zero attached hydrogens (tertiary/aromatic N) is 1. The van der Waals surface area contributed by atoms with Crippen molar-refractivity contribution in [3.63, 3.8) is 0 Å². The normalized spacial score (nSPS) is 19.8. The van der Waals surface area contributed by atoms with Gasteiger partial charge in [0, 0.05) is 18.4 Å². The van der Waals surface area contributed by atoms with Crippen LogP contribution in [0.5, 0.6) is 0 Å². The minimum atomic E-state index is -0.646. The van der Waals surface area contributed by atoms with E-state index < -0.39 is 11.3 Å². The molecule has 1 rings (SSSR count). The van der Waals surface area contributed by atoms with Crippen LogP contribution >= 0.6 is 0 Å². The standard InChI is InChI=1S/C16H27NO3/c1-5-9-13(18)12-10-7-8-11-17(12)15(20)14(19)16(3,4)6-2/h12H,5-11H2,1-4H3. The highest BCUT2D eigenvalue weighted by atomic mass is 16.2. The Labute approximate surface area is 121 Å². The molecule has 0 aromatic heterocycles. The van der Waals surface area contributed by atoms with Crippen molar-refractivity contribution in [2.24, 2.45) is 5.41 Å². The van der Waals surface area contributed by atoms with Crippen LogP contribution in [0.2, 0.25) is 0 Å². The Kier molecular flexibility index (Phi) is 5.90. The molecule has 0 saturated carbocycles. The number of likely N-dealkylation sites (tertiary alicyclic amines) is 1. The maximum atomic E-state index is 12.4. The zero-order chi connectivity index (χ0) is 15.3. The second kappa shape index (κ2) is 7.00. The summed E-state index contributed by atoms with van der Waals surface area (Å²) in [5, 5.41) is 0. The fourth-order valence-electron chi connectivity index (χ4n) is 2.50. The van der Waals surface area contributed by atoms with E-state index in [1.165, 1.54) is 4.90 Å². The average Bonchev–Trinajstić information content (AvgIpc) is 2.45. The Morgan fingerprint density at radius 2 is 1.80 bits per heavy atom. The van der Waals surface area contributed by atoms with Crippen molar-refractivity contribution < 1.29 is 14.4 Å². The van der Waals surface area contributed by atoms with Crippen LogP contribution in [0.3, 0.4) is 0 Å². The van der Waals surface area contributed by atoms with Crippen LogP contribution in [0.1, 0.15) is 66.2 Å². The zero-order valence-electron chi connectivity index (χ0n) is 13.2. The first-order chi connectivity index (χ1) is 9.35. The lowest BCUT2D eigenvalue weighted by atomic mass is 9.84. The van der Waals surface area contributed by atoms with Crippen molar-refractivity contribution >= 4 is 17.5 Å². The molecule has 0 bridgehead atoms. The summed E-state index contributed by atoms with van der Waals surface area (Å²) in [6, 6.07) is -0.382. The summed E-state index contributed by atoms with van der Waals surface area (Å²) in [6.45, 7) is 7.98. The first-order valence-corrected chi connectivity index (χ1v) is 7.73. The fraction of sp³-hybridized carbons (Fsp3) is 0.812. The number of carbonyl (C=O) groups excluding carboxylic acids is 3. The van der Waals surface area contributed by atoms with Crippen LogP contribution in [0.15, 0.2) is 0 Å². The first kappa shape index (κ1) is 16.9. The smallest absolute Gasteiger partial charge is 0.291 e. The summed E-state index contributed by atoms with van der Waals surface area (Å²) in [5.74, 6) is -0.732. The third kappa shape index (κ3) is 3.68. The lowest BCUT2D eigenvalue weighted by Crippen LogP contribution is -2.52. The van der Waals surface area contributed by atoms with E-state index in [1.54, 1.807) is 13.8 Å². The van der Waals surface area contributed by atoms with E-state index in [0.717, 1.165) is 19.3 Å². The van der Waals surface area contributed by atoms with Crippen molar-refractivity contribution in [3.05, 3.63) is 0 Å². The van der Waals surface area contributed by atoms with Gasteiger partial charge in [-0.2, -0.15) is 0 Å². The molecular weight excluding hydrogens is 254 g/mol. The largest absolute Gasteiger partial charge is 0.326 e. The number of hydrogen-bond donors (Lipinski definition) is 0. The average molecular weight is 281 g/mol. The summed E-state index contributed by atoms with van der Waals surface area (Å²) in [5.41, 5.74) is -0.646. The summed E-state index contributed by atoms with van der Waals surface area (Å²) >= 11 is 0. The summed E-state index contributed by atoms with van der Waals surface area (Å²) in [6.07, 6.45) is 4.42. The molecule has 20 heavy (non-hydrogen) atoms. The molecule has 1 saturated heterocycles. The van der Waals surface area contributed by atoms with E-state index in [9.17, 15) is 14.4 Å². The fourth-order valence-corrected chi connectivity index (χ4v) is 2.50. The zero-order valence-corrected chi connectivity index (χ0v) is 13.2. The van der Waals surface area contributed by atoms with Crippen LogP contribution in [0, 0.1) is 5.41 Å². The van der Waals surface area contributed by atoms with E-state index >= 15 is 0 Å². The van der Waals surface area contributed by atoms with Crippen LogP contribution in [-0.2, 0) is 14.4 Å². The van der Waals surface area contributed by atoms with Crippen molar-refractivity contribution in [2.45, 2.75) is 72.3 Å². The van der Waals surface area contributed by atoms with Gasteiger partial charge in [-0.05, 0) is 32.1 Å². The molecule has 1 unspecified atom stereocenters. The van der Waals surface area contributed by atoms with Gasteiger partial charge in [-0.1, -0.05) is 27.7 Å². The summed E-state index contributed by atoms with van der Waals surface area (Å²) in [7, 11) is 0. The second-order valence-electron chi connectivity index (χ2n) is 6.29. The van der Waals surface area contributed by atoms with Crippen LogP contribution in [0.25, 0.3) is 0 Å². The Bertz CT molecular complexity index is 387. The number of amides is 1. The predicted molar refractivity (Wildman–Crippen MR) is 78.3 cm³/mol. The minimum absolute atomic E-state index is 0.0997. The van der Waals surface area contributed by atoms with Crippen molar-refractivity contribution in [1.29, 1.82) is 0 Å². The molecule has 1 atom stereocenters. The van der Waals surface area contributed by atoms with Gasteiger partial charge in [0.25, 0.3) is 5.91 Å². The number of piperidine rings is 1. The SMILES string of the molecule is CCCC(=O)C1CCCCN1C(=O)C(=O)C(C)(C)CC. The van der Waals surface area contributed by atoms with Gasteiger partial charge < -0.3 is 4.90 Å². The molecule has 0 aliphatic carbocycles. The minimum Gasteiger partial charge on any atom is -0.326 e.